The number of hydrogen-bond acceptors (Lipinski definition) is 2. The van der Waals surface area contributed by atoms with E-state index >= 15 is 0 Å². The summed E-state index contributed by atoms with van der Waals surface area (Å²) < 4.78 is 0. The van der Waals surface area contributed by atoms with Crippen molar-refractivity contribution < 1.29 is 9.59 Å². The highest BCUT2D eigenvalue weighted by molar-refractivity contribution is 5.84. The van der Waals surface area contributed by atoms with Crippen LogP contribution in [0, 0.1) is 0 Å². The zero-order valence-electron chi connectivity index (χ0n) is 14.2. The van der Waals surface area contributed by atoms with Gasteiger partial charge in [0.1, 0.15) is 0 Å². The predicted octanol–water partition coefficient (Wildman–Crippen LogP) is 3.55. The van der Waals surface area contributed by atoms with Gasteiger partial charge >= 0.3 is 0 Å². The Labute approximate surface area is 130 Å². The molecule has 0 saturated heterocycles. The molecular formula is C17H34N2O2. The monoisotopic (exact) mass is 298 g/mol. The summed E-state index contributed by atoms with van der Waals surface area (Å²) in [5, 5.41) is 5.62. The first kappa shape index (κ1) is 19.9. The van der Waals surface area contributed by atoms with Crippen molar-refractivity contribution in [2.24, 2.45) is 0 Å². The molecular weight excluding hydrogens is 264 g/mol. The lowest BCUT2D eigenvalue weighted by atomic mass is 10.1. The fraction of sp³-hybridized carbons (Fsp3) is 0.882. The van der Waals surface area contributed by atoms with Crippen LogP contribution in [0.2, 0.25) is 0 Å². The Morgan fingerprint density at radius 3 is 2.14 bits per heavy atom. The molecule has 4 nitrogen and oxygen atoms in total. The molecule has 2 N–H and O–H groups in total. The Hall–Kier alpha value is -1.06. The summed E-state index contributed by atoms with van der Waals surface area (Å²) in [6, 6.07) is 0.190. The van der Waals surface area contributed by atoms with Crippen LogP contribution in [0.5, 0.6) is 0 Å². The van der Waals surface area contributed by atoms with Crippen LogP contribution in [0.1, 0.15) is 85.0 Å². The first-order chi connectivity index (χ1) is 10.1. The summed E-state index contributed by atoms with van der Waals surface area (Å²) in [5.41, 5.74) is 0. The summed E-state index contributed by atoms with van der Waals surface area (Å²) in [6.07, 6.45) is 10.7. The molecule has 0 aromatic rings. The molecule has 0 spiro atoms. The van der Waals surface area contributed by atoms with Crippen molar-refractivity contribution in [3.63, 3.8) is 0 Å². The van der Waals surface area contributed by atoms with Gasteiger partial charge in [-0.3, -0.25) is 9.59 Å². The molecule has 0 unspecified atom stereocenters. The Morgan fingerprint density at radius 2 is 1.48 bits per heavy atom. The van der Waals surface area contributed by atoms with Gasteiger partial charge in [0.05, 0.1) is 6.54 Å². The molecule has 0 rings (SSSR count). The molecule has 0 heterocycles. The van der Waals surface area contributed by atoms with Crippen LogP contribution in [0.3, 0.4) is 0 Å². The van der Waals surface area contributed by atoms with Gasteiger partial charge in [0.2, 0.25) is 11.8 Å². The van der Waals surface area contributed by atoms with E-state index in [1.165, 1.54) is 32.1 Å². The average molecular weight is 298 g/mol. The second-order valence-electron chi connectivity index (χ2n) is 5.91. The van der Waals surface area contributed by atoms with Crippen molar-refractivity contribution in [1.29, 1.82) is 0 Å². The van der Waals surface area contributed by atoms with Gasteiger partial charge in [0, 0.05) is 12.5 Å². The minimum Gasteiger partial charge on any atom is -0.352 e. The molecule has 0 aliphatic carbocycles. The quantitative estimate of drug-likeness (QED) is 0.511. The maximum absolute atomic E-state index is 11.7. The maximum atomic E-state index is 11.7. The SMILES string of the molecule is CCCCCCCC(=O)NCC(=O)N[C@@H](C)CCCCC. The number of hydrogen-bond donors (Lipinski definition) is 2. The summed E-state index contributed by atoms with van der Waals surface area (Å²) in [5.74, 6) is -0.0985. The number of nitrogens with one attached hydrogen (secondary N) is 2. The molecule has 4 heteroatoms. The lowest BCUT2D eigenvalue weighted by molar-refractivity contribution is -0.126. The number of amides is 2. The van der Waals surface area contributed by atoms with E-state index in [-0.39, 0.29) is 24.4 Å². The lowest BCUT2D eigenvalue weighted by Crippen LogP contribution is -2.40. The third kappa shape index (κ3) is 13.7. The van der Waals surface area contributed by atoms with E-state index < -0.39 is 0 Å². The van der Waals surface area contributed by atoms with Gasteiger partial charge in [0.25, 0.3) is 0 Å². The number of rotatable bonds is 13. The van der Waals surface area contributed by atoms with Gasteiger partial charge in [-0.1, -0.05) is 58.8 Å². The summed E-state index contributed by atoms with van der Waals surface area (Å²) in [6.45, 7) is 6.46. The molecule has 0 saturated carbocycles. The van der Waals surface area contributed by atoms with Gasteiger partial charge < -0.3 is 10.6 Å². The van der Waals surface area contributed by atoms with Crippen molar-refractivity contribution in [2.75, 3.05) is 6.54 Å². The van der Waals surface area contributed by atoms with Crippen LogP contribution >= 0.6 is 0 Å². The van der Waals surface area contributed by atoms with Gasteiger partial charge in [-0.2, -0.15) is 0 Å². The lowest BCUT2D eigenvalue weighted by Gasteiger charge is -2.14. The van der Waals surface area contributed by atoms with E-state index in [0.717, 1.165) is 25.7 Å². The number of carbonyl (C=O) groups is 2. The minimum absolute atomic E-state index is 0.0136. The third-order valence-corrected chi connectivity index (χ3v) is 3.60. The van der Waals surface area contributed by atoms with Gasteiger partial charge in [-0.05, 0) is 19.8 Å². The Balaban J connectivity index is 3.56. The van der Waals surface area contributed by atoms with E-state index in [0.29, 0.717) is 6.42 Å². The first-order valence-electron chi connectivity index (χ1n) is 8.66. The molecule has 2 amide bonds. The van der Waals surface area contributed by atoms with Gasteiger partial charge in [0.15, 0.2) is 0 Å². The Morgan fingerprint density at radius 1 is 0.857 bits per heavy atom. The van der Waals surface area contributed by atoms with Crippen LogP contribution in [-0.2, 0) is 9.59 Å². The van der Waals surface area contributed by atoms with Crippen molar-refractivity contribution in [3.05, 3.63) is 0 Å². The second kappa shape index (κ2) is 13.9. The van der Waals surface area contributed by atoms with Crippen LogP contribution in [0.15, 0.2) is 0 Å². The Bertz CT molecular complexity index is 280. The summed E-state index contributed by atoms with van der Waals surface area (Å²) in [4.78, 5) is 23.3. The minimum atomic E-state index is -0.0849. The highest BCUT2D eigenvalue weighted by Crippen LogP contribution is 2.04. The number of unbranched alkanes of at least 4 members (excludes halogenated alkanes) is 6. The summed E-state index contributed by atoms with van der Waals surface area (Å²) in [7, 11) is 0. The third-order valence-electron chi connectivity index (χ3n) is 3.60. The smallest absolute Gasteiger partial charge is 0.239 e. The largest absolute Gasteiger partial charge is 0.352 e. The van der Waals surface area contributed by atoms with E-state index in [1.54, 1.807) is 0 Å². The van der Waals surface area contributed by atoms with Crippen molar-refractivity contribution in [2.45, 2.75) is 91.0 Å². The van der Waals surface area contributed by atoms with Crippen molar-refractivity contribution in [1.82, 2.24) is 10.6 Å². The standard InChI is InChI=1S/C17H34N2O2/c1-4-6-8-9-11-13-16(20)18-14-17(21)19-15(3)12-10-7-5-2/h15H,4-14H2,1-3H3,(H,18,20)(H,19,21)/t15-/m0/s1. The van der Waals surface area contributed by atoms with Gasteiger partial charge in [-0.15, -0.1) is 0 Å². The second-order valence-corrected chi connectivity index (χ2v) is 5.91. The van der Waals surface area contributed by atoms with Crippen LogP contribution in [0.25, 0.3) is 0 Å². The topological polar surface area (TPSA) is 58.2 Å². The molecule has 21 heavy (non-hydrogen) atoms. The molecule has 0 radical (unpaired) electrons. The zero-order valence-corrected chi connectivity index (χ0v) is 14.2. The van der Waals surface area contributed by atoms with E-state index in [2.05, 4.69) is 24.5 Å². The molecule has 0 aromatic heterocycles. The molecule has 1 atom stereocenters. The predicted molar refractivity (Wildman–Crippen MR) is 88.1 cm³/mol. The molecule has 0 aliphatic rings. The van der Waals surface area contributed by atoms with Gasteiger partial charge in [-0.25, -0.2) is 0 Å². The summed E-state index contributed by atoms with van der Waals surface area (Å²) >= 11 is 0. The van der Waals surface area contributed by atoms with Crippen molar-refractivity contribution in [3.8, 4) is 0 Å². The maximum Gasteiger partial charge on any atom is 0.239 e. The van der Waals surface area contributed by atoms with Crippen LogP contribution < -0.4 is 10.6 Å². The average Bonchev–Trinajstić information content (AvgIpc) is 2.45. The van der Waals surface area contributed by atoms with Crippen molar-refractivity contribution >= 4 is 11.8 Å². The number of carbonyl (C=O) groups excluding carboxylic acids is 2. The molecule has 0 fully saturated rings. The van der Waals surface area contributed by atoms with E-state index in [4.69, 9.17) is 0 Å². The molecule has 0 aromatic carbocycles. The molecule has 0 aliphatic heterocycles. The normalized spacial score (nSPS) is 12.0. The fourth-order valence-electron chi connectivity index (χ4n) is 2.25. The first-order valence-corrected chi connectivity index (χ1v) is 8.66. The molecule has 0 bridgehead atoms. The fourth-order valence-corrected chi connectivity index (χ4v) is 2.25. The van der Waals surface area contributed by atoms with Crippen LogP contribution in [-0.4, -0.2) is 24.4 Å². The van der Waals surface area contributed by atoms with E-state index in [1.807, 2.05) is 6.92 Å². The van der Waals surface area contributed by atoms with E-state index in [9.17, 15) is 9.59 Å². The zero-order chi connectivity index (χ0) is 15.9. The van der Waals surface area contributed by atoms with Crippen LogP contribution in [0.4, 0.5) is 0 Å². The Kier molecular flexibility index (Phi) is 13.2. The molecule has 124 valence electrons. The highest BCUT2D eigenvalue weighted by Gasteiger charge is 2.08. The highest BCUT2D eigenvalue weighted by atomic mass is 16.2.